The number of ether oxygens (including phenoxy) is 1. The number of rotatable bonds is 3. The largest absolute Gasteiger partial charge is 0.465 e. The molecule has 0 atom stereocenters. The van der Waals surface area contributed by atoms with E-state index >= 15 is 0 Å². The van der Waals surface area contributed by atoms with Gasteiger partial charge in [-0.05, 0) is 43.5 Å². The number of hydrogen-bond donors (Lipinski definition) is 0. The van der Waals surface area contributed by atoms with Gasteiger partial charge >= 0.3 is 5.97 Å². The summed E-state index contributed by atoms with van der Waals surface area (Å²) in [7, 11) is 1.44. The van der Waals surface area contributed by atoms with Crippen molar-refractivity contribution in [3.05, 3.63) is 70.3 Å². The fourth-order valence-corrected chi connectivity index (χ4v) is 3.36. The molecule has 0 spiro atoms. The van der Waals surface area contributed by atoms with E-state index < -0.39 is 0 Å². The topological polar surface area (TPSA) is 29.5 Å². The Morgan fingerprint density at radius 1 is 1.17 bits per heavy atom. The fourth-order valence-electron chi connectivity index (χ4n) is 3.36. The minimum Gasteiger partial charge on any atom is -0.465 e. The molecule has 1 aliphatic rings. The van der Waals surface area contributed by atoms with Crippen LogP contribution in [-0.2, 0) is 23.4 Å². The van der Waals surface area contributed by atoms with Gasteiger partial charge in [-0.25, -0.2) is 4.79 Å². The minimum atomic E-state index is -0.255. The smallest absolute Gasteiger partial charge is 0.338 e. The third kappa shape index (κ3) is 2.77. The van der Waals surface area contributed by atoms with Crippen molar-refractivity contribution < 1.29 is 9.53 Å². The van der Waals surface area contributed by atoms with E-state index in [1.807, 2.05) is 12.1 Å². The summed E-state index contributed by atoms with van der Waals surface area (Å²) in [5.74, 6) is -0.255. The van der Waals surface area contributed by atoms with Crippen molar-refractivity contribution in [3.63, 3.8) is 0 Å². The fraction of sp³-hybridized carbons (Fsp3) is 0.350. The van der Waals surface area contributed by atoms with Crippen LogP contribution in [-0.4, -0.2) is 18.0 Å². The molecule has 0 radical (unpaired) electrons. The molecule has 3 heteroatoms. The van der Waals surface area contributed by atoms with Gasteiger partial charge in [0.2, 0.25) is 0 Å². The van der Waals surface area contributed by atoms with Crippen molar-refractivity contribution >= 4 is 5.97 Å². The van der Waals surface area contributed by atoms with Crippen LogP contribution in [0.5, 0.6) is 0 Å². The van der Waals surface area contributed by atoms with Crippen LogP contribution in [0.3, 0.4) is 0 Å². The van der Waals surface area contributed by atoms with Crippen molar-refractivity contribution in [3.8, 4) is 0 Å². The van der Waals surface area contributed by atoms with Crippen molar-refractivity contribution in [2.75, 3.05) is 7.11 Å². The lowest BCUT2D eigenvalue weighted by molar-refractivity contribution is 0.0598. The second-order valence-electron chi connectivity index (χ2n) is 6.72. The summed E-state index contributed by atoms with van der Waals surface area (Å²) in [6, 6.07) is 14.6. The lowest BCUT2D eigenvalue weighted by Gasteiger charge is -2.32. The highest BCUT2D eigenvalue weighted by molar-refractivity contribution is 5.91. The first-order valence-electron chi connectivity index (χ1n) is 7.95. The van der Waals surface area contributed by atoms with Gasteiger partial charge in [0.1, 0.15) is 0 Å². The molecule has 120 valence electrons. The number of esters is 1. The summed E-state index contributed by atoms with van der Waals surface area (Å²) in [4.78, 5) is 14.5. The normalized spacial score (nSPS) is 16.2. The molecule has 3 nitrogen and oxygen atoms in total. The summed E-state index contributed by atoms with van der Waals surface area (Å²) in [6.07, 6.45) is 0. The highest BCUT2D eigenvalue weighted by Gasteiger charge is 2.39. The molecule has 0 bridgehead atoms. The molecular formula is C20H23NO2. The summed E-state index contributed by atoms with van der Waals surface area (Å²) in [5, 5.41) is 0. The van der Waals surface area contributed by atoms with Crippen LogP contribution in [0.2, 0.25) is 0 Å². The molecule has 0 amide bonds. The van der Waals surface area contributed by atoms with Crippen LogP contribution < -0.4 is 0 Å². The molecule has 1 aliphatic heterocycles. The van der Waals surface area contributed by atoms with Gasteiger partial charge < -0.3 is 4.74 Å². The minimum absolute atomic E-state index is 0.107. The number of hydrogen-bond acceptors (Lipinski definition) is 3. The van der Waals surface area contributed by atoms with Gasteiger partial charge in [0.25, 0.3) is 0 Å². The number of benzene rings is 2. The van der Waals surface area contributed by atoms with E-state index in [-0.39, 0.29) is 11.5 Å². The van der Waals surface area contributed by atoms with E-state index in [0.29, 0.717) is 5.56 Å². The Kier molecular flexibility index (Phi) is 3.99. The summed E-state index contributed by atoms with van der Waals surface area (Å²) < 4.78 is 4.94. The van der Waals surface area contributed by atoms with Crippen molar-refractivity contribution in [2.45, 2.75) is 39.4 Å². The molecule has 0 fully saturated rings. The van der Waals surface area contributed by atoms with Gasteiger partial charge in [-0.2, -0.15) is 0 Å². The SMILES string of the molecule is COC(=O)c1cccc2c1CN(Cc1ccc(C)cc1)C2(C)C. The Bertz CT molecular complexity index is 732. The van der Waals surface area contributed by atoms with Crippen molar-refractivity contribution in [2.24, 2.45) is 0 Å². The van der Waals surface area contributed by atoms with E-state index in [0.717, 1.165) is 18.7 Å². The Morgan fingerprint density at radius 3 is 2.52 bits per heavy atom. The Labute approximate surface area is 137 Å². The van der Waals surface area contributed by atoms with E-state index in [9.17, 15) is 4.79 Å². The molecule has 0 unspecified atom stereocenters. The standard InChI is InChI=1S/C20H23NO2/c1-14-8-10-15(11-9-14)12-21-13-17-16(19(22)23-4)6-5-7-18(17)20(21,2)3/h5-11H,12-13H2,1-4H3. The maximum Gasteiger partial charge on any atom is 0.338 e. The predicted octanol–water partition coefficient (Wildman–Crippen LogP) is 4.03. The first-order chi connectivity index (χ1) is 10.9. The van der Waals surface area contributed by atoms with E-state index in [1.54, 1.807) is 0 Å². The van der Waals surface area contributed by atoms with E-state index in [1.165, 1.54) is 23.8 Å². The Balaban J connectivity index is 1.94. The van der Waals surface area contributed by atoms with Crippen molar-refractivity contribution in [1.82, 2.24) is 4.90 Å². The number of nitrogens with zero attached hydrogens (tertiary/aromatic N) is 1. The highest BCUT2D eigenvalue weighted by atomic mass is 16.5. The number of methoxy groups -OCH3 is 1. The maximum absolute atomic E-state index is 12.0. The first-order valence-corrected chi connectivity index (χ1v) is 7.95. The van der Waals surface area contributed by atoms with Gasteiger partial charge in [0.05, 0.1) is 12.7 Å². The van der Waals surface area contributed by atoms with Gasteiger partial charge in [0, 0.05) is 18.6 Å². The number of aryl methyl sites for hydroxylation is 1. The van der Waals surface area contributed by atoms with Crippen LogP contribution in [0.25, 0.3) is 0 Å². The lowest BCUT2D eigenvalue weighted by atomic mass is 9.91. The quantitative estimate of drug-likeness (QED) is 0.802. The molecule has 0 saturated carbocycles. The summed E-state index contributed by atoms with van der Waals surface area (Å²) in [6.45, 7) is 8.16. The number of carbonyl (C=O) groups excluding carboxylic acids is 1. The molecule has 0 saturated heterocycles. The van der Waals surface area contributed by atoms with Gasteiger partial charge in [-0.3, -0.25) is 4.90 Å². The van der Waals surface area contributed by atoms with Crippen LogP contribution in [0.1, 0.15) is 46.5 Å². The van der Waals surface area contributed by atoms with Crippen LogP contribution in [0, 0.1) is 6.92 Å². The number of carbonyl (C=O) groups is 1. The highest BCUT2D eigenvalue weighted by Crippen LogP contribution is 2.41. The third-order valence-corrected chi connectivity index (χ3v) is 4.87. The van der Waals surface area contributed by atoms with Gasteiger partial charge in [-0.1, -0.05) is 42.0 Å². The molecule has 0 aromatic heterocycles. The van der Waals surface area contributed by atoms with Crippen molar-refractivity contribution in [1.29, 1.82) is 0 Å². The second-order valence-corrected chi connectivity index (χ2v) is 6.72. The van der Waals surface area contributed by atoms with Gasteiger partial charge in [-0.15, -0.1) is 0 Å². The van der Waals surface area contributed by atoms with Crippen LogP contribution >= 0.6 is 0 Å². The number of fused-ring (bicyclic) bond motifs is 1. The summed E-state index contributed by atoms with van der Waals surface area (Å²) in [5.41, 5.74) is 5.44. The molecule has 0 N–H and O–H groups in total. The zero-order valence-corrected chi connectivity index (χ0v) is 14.2. The Morgan fingerprint density at radius 2 is 1.87 bits per heavy atom. The van der Waals surface area contributed by atoms with Gasteiger partial charge in [0.15, 0.2) is 0 Å². The zero-order valence-electron chi connectivity index (χ0n) is 14.2. The molecule has 3 rings (SSSR count). The molecular weight excluding hydrogens is 286 g/mol. The molecule has 23 heavy (non-hydrogen) atoms. The molecule has 2 aromatic rings. The zero-order chi connectivity index (χ0) is 16.6. The molecule has 0 aliphatic carbocycles. The summed E-state index contributed by atoms with van der Waals surface area (Å²) >= 11 is 0. The van der Waals surface area contributed by atoms with E-state index in [2.05, 4.69) is 56.0 Å². The maximum atomic E-state index is 12.0. The third-order valence-electron chi connectivity index (χ3n) is 4.87. The van der Waals surface area contributed by atoms with Crippen LogP contribution in [0.4, 0.5) is 0 Å². The average Bonchev–Trinajstić information content (AvgIpc) is 2.80. The molecule has 2 aromatic carbocycles. The van der Waals surface area contributed by atoms with E-state index in [4.69, 9.17) is 4.74 Å². The lowest BCUT2D eigenvalue weighted by Crippen LogP contribution is -2.34. The predicted molar refractivity (Wildman–Crippen MR) is 91.2 cm³/mol. The monoisotopic (exact) mass is 309 g/mol. The van der Waals surface area contributed by atoms with Crippen LogP contribution in [0.15, 0.2) is 42.5 Å². The second kappa shape index (κ2) is 5.82. The Hall–Kier alpha value is -2.13. The first kappa shape index (κ1) is 15.8. The average molecular weight is 309 g/mol. The molecule has 1 heterocycles.